The summed E-state index contributed by atoms with van der Waals surface area (Å²) in [6.45, 7) is 0. The van der Waals surface area contributed by atoms with E-state index in [1.165, 1.54) is 10.8 Å². The number of aromatic nitrogens is 4. The van der Waals surface area contributed by atoms with E-state index in [0.29, 0.717) is 17.5 Å². The number of hydrogen-bond acceptors (Lipinski definition) is 5. The summed E-state index contributed by atoms with van der Waals surface area (Å²) in [5.41, 5.74) is 13.3. The third-order valence-corrected chi connectivity index (χ3v) is 11.6. The van der Waals surface area contributed by atoms with Gasteiger partial charge in [0.15, 0.2) is 23.1 Å². The zero-order valence-corrected chi connectivity index (χ0v) is 30.3. The molecule has 1 aliphatic rings. The Kier molecular flexibility index (Phi) is 6.07. The lowest BCUT2D eigenvalue weighted by atomic mass is 9.88. The lowest BCUT2D eigenvalue weighted by Crippen LogP contribution is -2.01. The van der Waals surface area contributed by atoms with Crippen molar-refractivity contribution in [1.82, 2.24) is 19.5 Å². The van der Waals surface area contributed by atoms with E-state index in [1.807, 2.05) is 78.9 Å². The molecule has 0 saturated heterocycles. The minimum absolute atomic E-state index is 0.570. The molecule has 12 aromatic rings. The van der Waals surface area contributed by atoms with Crippen LogP contribution in [0.5, 0.6) is 0 Å². The van der Waals surface area contributed by atoms with Crippen molar-refractivity contribution in [2.24, 2.45) is 0 Å². The fourth-order valence-corrected chi connectivity index (χ4v) is 9.15. The highest BCUT2D eigenvalue weighted by atomic mass is 16.3. The van der Waals surface area contributed by atoms with Crippen LogP contribution in [0.15, 0.2) is 179 Å². The average Bonchev–Trinajstić information content (AvgIpc) is 3.94. The second-order valence-electron chi connectivity index (χ2n) is 14.7. The Morgan fingerprint density at radius 2 is 0.982 bits per heavy atom. The summed E-state index contributed by atoms with van der Waals surface area (Å²) >= 11 is 0. The summed E-state index contributed by atoms with van der Waals surface area (Å²) in [5.74, 6) is 1.78. The van der Waals surface area contributed by atoms with Gasteiger partial charge < -0.3 is 13.4 Å². The van der Waals surface area contributed by atoms with Gasteiger partial charge in [-0.1, -0.05) is 140 Å². The highest BCUT2D eigenvalue weighted by Gasteiger charge is 2.32. The van der Waals surface area contributed by atoms with Crippen molar-refractivity contribution in [2.45, 2.75) is 0 Å². The van der Waals surface area contributed by atoms with E-state index in [2.05, 4.69) is 95.6 Å². The molecule has 0 radical (unpaired) electrons. The van der Waals surface area contributed by atoms with Gasteiger partial charge in [0, 0.05) is 65.7 Å². The van der Waals surface area contributed by atoms with Crippen LogP contribution in [0.2, 0.25) is 0 Å². The molecule has 0 amide bonds. The molecule has 13 rings (SSSR count). The molecule has 0 N–H and O–H groups in total. The van der Waals surface area contributed by atoms with Gasteiger partial charge >= 0.3 is 0 Å². The number of fused-ring (bicyclic) bond motifs is 16. The van der Waals surface area contributed by atoms with Crippen molar-refractivity contribution in [2.75, 3.05) is 0 Å². The van der Waals surface area contributed by atoms with Crippen molar-refractivity contribution in [3.8, 4) is 62.1 Å². The molecule has 0 aliphatic carbocycles. The van der Waals surface area contributed by atoms with Crippen LogP contribution in [-0.4, -0.2) is 19.5 Å². The maximum Gasteiger partial charge on any atom is 0.164 e. The first kappa shape index (κ1) is 30.5. The Morgan fingerprint density at radius 1 is 0.386 bits per heavy atom. The maximum atomic E-state index is 7.07. The van der Waals surface area contributed by atoms with Crippen molar-refractivity contribution >= 4 is 65.7 Å². The molecule has 0 saturated carbocycles. The minimum Gasteiger partial charge on any atom is -0.455 e. The average molecular weight is 729 g/mol. The monoisotopic (exact) mass is 728 g/mol. The third kappa shape index (κ3) is 4.21. The van der Waals surface area contributed by atoms with Crippen LogP contribution in [0.1, 0.15) is 0 Å². The molecule has 8 aromatic carbocycles. The molecule has 0 unspecified atom stereocenters. The third-order valence-electron chi connectivity index (χ3n) is 11.6. The highest BCUT2D eigenvalue weighted by molar-refractivity contribution is 6.25. The number of nitrogens with zero attached hydrogens (tertiary/aromatic N) is 4. The van der Waals surface area contributed by atoms with Gasteiger partial charge in [-0.25, -0.2) is 15.0 Å². The highest BCUT2D eigenvalue weighted by Crippen LogP contribution is 2.54. The molecule has 57 heavy (non-hydrogen) atoms. The smallest absolute Gasteiger partial charge is 0.164 e. The predicted molar refractivity (Wildman–Crippen MR) is 229 cm³/mol. The van der Waals surface area contributed by atoms with Crippen LogP contribution in [0, 0.1) is 0 Å². The Labute approximate surface area is 324 Å². The molecule has 1 aliphatic heterocycles. The fraction of sp³-hybridized carbons (Fsp3) is 0. The Balaban J connectivity index is 1.24. The molecule has 0 bridgehead atoms. The van der Waals surface area contributed by atoms with E-state index in [4.69, 9.17) is 23.8 Å². The number of hydrogen-bond donors (Lipinski definition) is 0. The van der Waals surface area contributed by atoms with Crippen molar-refractivity contribution in [3.05, 3.63) is 170 Å². The van der Waals surface area contributed by atoms with Crippen LogP contribution < -0.4 is 0 Å². The summed E-state index contributed by atoms with van der Waals surface area (Å²) in [5, 5.41) is 6.46. The van der Waals surface area contributed by atoms with Gasteiger partial charge in [0.05, 0.1) is 16.7 Å². The SMILES string of the molecule is c1ccc(-c2nc(-c3ccccc3)nc(-c3cc4c(c5oc6ccccc6c35)-c3cccc5c6ccccc6n(c35)-c3c-4ccc4c3oc3ccccc34)n2)cc1. The van der Waals surface area contributed by atoms with Gasteiger partial charge in [-0.2, -0.15) is 0 Å². The van der Waals surface area contributed by atoms with Crippen LogP contribution in [0.25, 0.3) is 128 Å². The van der Waals surface area contributed by atoms with Crippen LogP contribution in [-0.2, 0) is 0 Å². The first-order valence-electron chi connectivity index (χ1n) is 19.1. The second kappa shape index (κ2) is 11.4. The number of benzene rings is 8. The molecule has 0 spiro atoms. The van der Waals surface area contributed by atoms with Gasteiger partial charge in [0.1, 0.15) is 16.7 Å². The van der Waals surface area contributed by atoms with E-state index >= 15 is 0 Å². The lowest BCUT2D eigenvalue weighted by molar-refractivity contribution is 0.666. The van der Waals surface area contributed by atoms with Gasteiger partial charge in [-0.05, 0) is 35.9 Å². The normalized spacial score (nSPS) is 12.2. The van der Waals surface area contributed by atoms with Crippen molar-refractivity contribution < 1.29 is 8.83 Å². The first-order chi connectivity index (χ1) is 28.3. The van der Waals surface area contributed by atoms with Crippen LogP contribution >= 0.6 is 0 Å². The van der Waals surface area contributed by atoms with Gasteiger partial charge in [0.2, 0.25) is 0 Å². The topological polar surface area (TPSA) is 69.9 Å². The first-order valence-corrected chi connectivity index (χ1v) is 19.1. The molecular weight excluding hydrogens is 701 g/mol. The second-order valence-corrected chi connectivity index (χ2v) is 14.7. The zero-order chi connectivity index (χ0) is 37.2. The van der Waals surface area contributed by atoms with Crippen LogP contribution in [0.4, 0.5) is 0 Å². The standard InChI is InChI=1S/C51H28N4O2/c1-3-14-29(15-4-1)49-52-50(30-16-5-2-6-17-30)54-51(53-49)39-28-38-34-26-27-35-32-19-8-11-24-41(32)56-47(35)46(34)55-40-23-10-7-18-31(40)33-21-13-22-37(45(33)55)44(38)48-43(39)36-20-9-12-25-42(36)57-48/h1-28H. The van der Waals surface area contributed by atoms with Crippen molar-refractivity contribution in [3.63, 3.8) is 0 Å². The Hall–Kier alpha value is -7.83. The van der Waals surface area contributed by atoms with E-state index in [-0.39, 0.29) is 0 Å². The van der Waals surface area contributed by atoms with E-state index in [0.717, 1.165) is 99.5 Å². The summed E-state index contributed by atoms with van der Waals surface area (Å²) in [6.07, 6.45) is 0. The van der Waals surface area contributed by atoms with E-state index < -0.39 is 0 Å². The molecule has 4 aromatic heterocycles. The van der Waals surface area contributed by atoms with Crippen LogP contribution in [0.3, 0.4) is 0 Å². The molecule has 264 valence electrons. The molecule has 5 heterocycles. The largest absolute Gasteiger partial charge is 0.455 e. The summed E-state index contributed by atoms with van der Waals surface area (Å²) in [7, 11) is 0. The maximum absolute atomic E-state index is 7.07. The number of para-hydroxylation sites is 4. The summed E-state index contributed by atoms with van der Waals surface area (Å²) in [4.78, 5) is 15.6. The molecular formula is C51H28N4O2. The van der Waals surface area contributed by atoms with Gasteiger partial charge in [-0.15, -0.1) is 0 Å². The minimum atomic E-state index is 0.570. The number of furan rings is 2. The Bertz CT molecular complexity index is 3580. The quantitative estimate of drug-likeness (QED) is 0.181. The Morgan fingerprint density at radius 3 is 1.74 bits per heavy atom. The van der Waals surface area contributed by atoms with E-state index in [9.17, 15) is 0 Å². The zero-order valence-electron chi connectivity index (χ0n) is 30.3. The molecule has 6 nitrogen and oxygen atoms in total. The van der Waals surface area contributed by atoms with Gasteiger partial charge in [-0.3, -0.25) is 0 Å². The lowest BCUT2D eigenvalue weighted by Gasteiger charge is -2.16. The van der Waals surface area contributed by atoms with E-state index in [1.54, 1.807) is 0 Å². The molecule has 0 atom stereocenters. The molecule has 6 heteroatoms. The predicted octanol–water partition coefficient (Wildman–Crippen LogP) is 13.4. The number of rotatable bonds is 3. The van der Waals surface area contributed by atoms with Crippen molar-refractivity contribution in [1.29, 1.82) is 0 Å². The fourth-order valence-electron chi connectivity index (χ4n) is 9.15. The molecule has 0 fully saturated rings. The summed E-state index contributed by atoms with van der Waals surface area (Å²) in [6, 6.07) is 58.8. The van der Waals surface area contributed by atoms with Gasteiger partial charge in [0.25, 0.3) is 0 Å². The summed E-state index contributed by atoms with van der Waals surface area (Å²) < 4.78 is 16.4.